The summed E-state index contributed by atoms with van der Waals surface area (Å²) < 4.78 is 12.2. The zero-order valence-corrected chi connectivity index (χ0v) is 13.4. The van der Waals surface area contributed by atoms with E-state index in [1.165, 1.54) is 0 Å². The third-order valence-electron chi connectivity index (χ3n) is 3.40. The normalized spacial score (nSPS) is 13.8. The molecule has 3 heteroatoms. The SMILES string of the molecule is CCCCC(O)(/C=C\S(=O)c1ccccc1)CCCC. The molecule has 0 heterocycles. The largest absolute Gasteiger partial charge is 0.386 e. The van der Waals surface area contributed by atoms with Crippen LogP contribution in [0, 0.1) is 0 Å². The van der Waals surface area contributed by atoms with Gasteiger partial charge < -0.3 is 5.11 Å². The van der Waals surface area contributed by atoms with Crippen LogP contribution in [-0.2, 0) is 10.8 Å². The number of aliphatic hydroxyl groups is 1. The summed E-state index contributed by atoms with van der Waals surface area (Å²) in [5.41, 5.74) is -0.809. The van der Waals surface area contributed by atoms with Crippen LogP contribution in [0.2, 0.25) is 0 Å². The van der Waals surface area contributed by atoms with E-state index in [2.05, 4.69) is 13.8 Å². The predicted octanol–water partition coefficient (Wildman–Crippen LogP) is 4.42. The second kappa shape index (κ2) is 9.09. The molecular weight excluding hydrogens is 268 g/mol. The Bertz CT molecular complexity index is 418. The molecule has 20 heavy (non-hydrogen) atoms. The molecule has 2 nitrogen and oxygen atoms in total. The van der Waals surface area contributed by atoms with Gasteiger partial charge in [0.25, 0.3) is 0 Å². The van der Waals surface area contributed by atoms with Gasteiger partial charge in [-0.3, -0.25) is 0 Å². The van der Waals surface area contributed by atoms with Gasteiger partial charge in [0, 0.05) is 10.3 Å². The highest BCUT2D eigenvalue weighted by molar-refractivity contribution is 7.88. The Kier molecular flexibility index (Phi) is 7.78. The Morgan fingerprint density at radius 3 is 2.15 bits per heavy atom. The lowest BCUT2D eigenvalue weighted by Crippen LogP contribution is -2.25. The maximum Gasteiger partial charge on any atom is 0.0836 e. The highest BCUT2D eigenvalue weighted by Gasteiger charge is 2.22. The van der Waals surface area contributed by atoms with Crippen LogP contribution in [0.25, 0.3) is 0 Å². The molecule has 1 unspecified atom stereocenters. The predicted molar refractivity (Wildman–Crippen MR) is 86.0 cm³/mol. The van der Waals surface area contributed by atoms with E-state index in [1.54, 1.807) is 11.5 Å². The van der Waals surface area contributed by atoms with Gasteiger partial charge in [0.2, 0.25) is 0 Å². The minimum atomic E-state index is -1.18. The van der Waals surface area contributed by atoms with Crippen molar-refractivity contribution in [1.29, 1.82) is 0 Å². The van der Waals surface area contributed by atoms with Gasteiger partial charge in [-0.15, -0.1) is 0 Å². The second-order valence-corrected chi connectivity index (χ2v) is 6.56. The lowest BCUT2D eigenvalue weighted by atomic mass is 9.91. The quantitative estimate of drug-likeness (QED) is 0.732. The first kappa shape index (κ1) is 17.1. The molecule has 0 saturated heterocycles. The summed E-state index contributed by atoms with van der Waals surface area (Å²) in [5, 5.41) is 12.3. The van der Waals surface area contributed by atoms with E-state index < -0.39 is 16.4 Å². The monoisotopic (exact) mass is 294 g/mol. The summed E-state index contributed by atoms with van der Waals surface area (Å²) in [6.07, 6.45) is 7.33. The Labute approximate surface area is 125 Å². The lowest BCUT2D eigenvalue weighted by molar-refractivity contribution is 0.0676. The van der Waals surface area contributed by atoms with Crippen molar-refractivity contribution < 1.29 is 9.32 Å². The summed E-state index contributed by atoms with van der Waals surface area (Å²) in [7, 11) is -1.18. The molecule has 1 aromatic carbocycles. The maximum absolute atomic E-state index is 12.2. The van der Waals surface area contributed by atoms with Crippen molar-refractivity contribution in [3.8, 4) is 0 Å². The van der Waals surface area contributed by atoms with Crippen molar-refractivity contribution >= 4 is 10.8 Å². The average Bonchev–Trinajstić information content (AvgIpc) is 2.50. The third-order valence-corrected chi connectivity index (χ3v) is 4.52. The van der Waals surface area contributed by atoms with Crippen molar-refractivity contribution in [2.45, 2.75) is 62.9 Å². The van der Waals surface area contributed by atoms with Crippen LogP contribution in [0.5, 0.6) is 0 Å². The number of unbranched alkanes of at least 4 members (excludes halogenated alkanes) is 2. The molecular formula is C17H26O2S. The molecule has 0 amide bonds. The fourth-order valence-electron chi connectivity index (χ4n) is 2.08. The molecule has 0 aromatic heterocycles. The molecule has 1 atom stereocenters. The van der Waals surface area contributed by atoms with E-state index in [9.17, 15) is 9.32 Å². The molecule has 0 radical (unpaired) electrons. The first-order valence-electron chi connectivity index (χ1n) is 7.48. The molecule has 1 N–H and O–H groups in total. The highest BCUT2D eigenvalue weighted by Crippen LogP contribution is 2.24. The molecule has 1 rings (SSSR count). The van der Waals surface area contributed by atoms with Gasteiger partial charge in [-0.1, -0.05) is 57.7 Å². The van der Waals surface area contributed by atoms with Gasteiger partial charge in [-0.25, -0.2) is 4.21 Å². The van der Waals surface area contributed by atoms with Crippen molar-refractivity contribution in [3.63, 3.8) is 0 Å². The Morgan fingerprint density at radius 2 is 1.65 bits per heavy atom. The van der Waals surface area contributed by atoms with E-state index >= 15 is 0 Å². The van der Waals surface area contributed by atoms with E-state index in [4.69, 9.17) is 0 Å². The van der Waals surface area contributed by atoms with Gasteiger partial charge in [0.15, 0.2) is 0 Å². The van der Waals surface area contributed by atoms with Crippen LogP contribution < -0.4 is 0 Å². The first-order chi connectivity index (χ1) is 9.61. The van der Waals surface area contributed by atoms with E-state index in [1.807, 2.05) is 30.3 Å². The molecule has 0 spiro atoms. The van der Waals surface area contributed by atoms with Crippen LogP contribution in [0.15, 0.2) is 46.7 Å². The number of benzene rings is 1. The fourth-order valence-corrected chi connectivity index (χ4v) is 3.04. The smallest absolute Gasteiger partial charge is 0.0836 e. The summed E-state index contributed by atoms with van der Waals surface area (Å²) in [4.78, 5) is 0.775. The second-order valence-electron chi connectivity index (χ2n) is 5.22. The first-order valence-corrected chi connectivity index (χ1v) is 8.70. The number of hydrogen-bond acceptors (Lipinski definition) is 2. The Morgan fingerprint density at radius 1 is 1.10 bits per heavy atom. The van der Waals surface area contributed by atoms with Gasteiger partial charge in [0.05, 0.1) is 16.4 Å². The summed E-state index contributed by atoms with van der Waals surface area (Å²) in [5.74, 6) is 0. The molecule has 0 fully saturated rings. The number of hydrogen-bond donors (Lipinski definition) is 1. The molecule has 0 aliphatic rings. The van der Waals surface area contributed by atoms with Gasteiger partial charge in [0.1, 0.15) is 0 Å². The summed E-state index contributed by atoms with van der Waals surface area (Å²) in [6, 6.07) is 9.35. The lowest BCUT2D eigenvalue weighted by Gasteiger charge is -2.24. The Hall–Kier alpha value is -0.930. The topological polar surface area (TPSA) is 37.3 Å². The average molecular weight is 294 g/mol. The fraction of sp³-hybridized carbons (Fsp3) is 0.529. The van der Waals surface area contributed by atoms with E-state index in [0.29, 0.717) is 0 Å². The van der Waals surface area contributed by atoms with Gasteiger partial charge >= 0.3 is 0 Å². The van der Waals surface area contributed by atoms with Crippen molar-refractivity contribution in [1.82, 2.24) is 0 Å². The number of rotatable bonds is 9. The zero-order chi connectivity index (χ0) is 14.8. The minimum Gasteiger partial charge on any atom is -0.386 e. The van der Waals surface area contributed by atoms with E-state index in [-0.39, 0.29) is 0 Å². The van der Waals surface area contributed by atoms with Crippen molar-refractivity contribution in [2.24, 2.45) is 0 Å². The molecule has 0 aliphatic heterocycles. The molecule has 0 bridgehead atoms. The standard InChI is InChI=1S/C17H26O2S/c1-3-5-12-17(18,13-6-4-2)14-15-20(19)16-10-8-7-9-11-16/h7-11,14-15,18H,3-6,12-13H2,1-2H3/b15-14-. The zero-order valence-electron chi connectivity index (χ0n) is 12.5. The molecule has 112 valence electrons. The maximum atomic E-state index is 12.2. The molecule has 0 aliphatic carbocycles. The summed E-state index contributed by atoms with van der Waals surface area (Å²) >= 11 is 0. The molecule has 0 saturated carbocycles. The van der Waals surface area contributed by atoms with Gasteiger partial charge in [-0.2, -0.15) is 0 Å². The van der Waals surface area contributed by atoms with Crippen molar-refractivity contribution in [2.75, 3.05) is 0 Å². The van der Waals surface area contributed by atoms with Crippen LogP contribution in [0.1, 0.15) is 52.4 Å². The Balaban J connectivity index is 2.72. The van der Waals surface area contributed by atoms with Crippen LogP contribution in [0.3, 0.4) is 0 Å². The van der Waals surface area contributed by atoms with Crippen LogP contribution >= 0.6 is 0 Å². The van der Waals surface area contributed by atoms with Gasteiger partial charge in [-0.05, 0) is 31.1 Å². The van der Waals surface area contributed by atoms with Crippen molar-refractivity contribution in [3.05, 3.63) is 41.8 Å². The highest BCUT2D eigenvalue weighted by atomic mass is 32.2. The van der Waals surface area contributed by atoms with Crippen LogP contribution in [0.4, 0.5) is 0 Å². The summed E-state index contributed by atoms with van der Waals surface area (Å²) in [6.45, 7) is 4.23. The minimum absolute atomic E-state index is 0.742. The third kappa shape index (κ3) is 6.02. The molecule has 1 aromatic rings. The van der Waals surface area contributed by atoms with Crippen LogP contribution in [-0.4, -0.2) is 14.9 Å². The van der Waals surface area contributed by atoms with E-state index in [0.717, 1.165) is 43.4 Å².